The van der Waals surface area contributed by atoms with Gasteiger partial charge >= 0.3 is 0 Å². The number of aliphatic hydroxyl groups is 1. The Bertz CT molecular complexity index is 717. The van der Waals surface area contributed by atoms with Gasteiger partial charge in [-0.15, -0.1) is 0 Å². The summed E-state index contributed by atoms with van der Waals surface area (Å²) < 4.78 is 0. The van der Waals surface area contributed by atoms with Crippen molar-refractivity contribution in [1.82, 2.24) is 15.1 Å². The number of fused-ring (bicyclic) bond motifs is 1. The predicted molar refractivity (Wildman–Crippen MR) is 78.1 cm³/mol. The van der Waals surface area contributed by atoms with Gasteiger partial charge < -0.3 is 10.0 Å². The Kier molecular flexibility index (Phi) is 3.70. The van der Waals surface area contributed by atoms with Gasteiger partial charge in [-0.1, -0.05) is 18.2 Å². The van der Waals surface area contributed by atoms with Crippen molar-refractivity contribution < 1.29 is 9.90 Å². The zero-order chi connectivity index (χ0) is 14.8. The number of hydrogen-bond acceptors (Lipinski definition) is 4. The molecule has 6 heteroatoms. The SMILES string of the molecule is O=C(c1n[nH]c(=O)c2ccccc12)N1CCC(CO)CC1. The highest BCUT2D eigenvalue weighted by molar-refractivity contribution is 6.04. The van der Waals surface area contributed by atoms with Gasteiger partial charge in [0, 0.05) is 25.1 Å². The molecule has 0 bridgehead atoms. The van der Waals surface area contributed by atoms with Gasteiger partial charge in [-0.05, 0) is 24.8 Å². The number of aliphatic hydroxyl groups excluding tert-OH is 1. The molecular formula is C15H17N3O3. The molecule has 1 aromatic heterocycles. The first-order chi connectivity index (χ1) is 10.2. The number of nitrogens with one attached hydrogen (secondary N) is 1. The summed E-state index contributed by atoms with van der Waals surface area (Å²) in [5.41, 5.74) is -0.00575. The molecule has 1 fully saturated rings. The fraction of sp³-hybridized carbons (Fsp3) is 0.400. The van der Waals surface area contributed by atoms with Gasteiger partial charge in [-0.3, -0.25) is 9.59 Å². The lowest BCUT2D eigenvalue weighted by Crippen LogP contribution is -2.40. The Balaban J connectivity index is 1.92. The maximum atomic E-state index is 12.6. The van der Waals surface area contributed by atoms with E-state index in [1.54, 1.807) is 29.2 Å². The normalized spacial score (nSPS) is 16.3. The first-order valence-corrected chi connectivity index (χ1v) is 7.08. The quantitative estimate of drug-likeness (QED) is 0.854. The average Bonchev–Trinajstić information content (AvgIpc) is 2.55. The summed E-state index contributed by atoms with van der Waals surface area (Å²) in [6.45, 7) is 1.39. The number of hydrogen-bond donors (Lipinski definition) is 2. The number of benzene rings is 1. The lowest BCUT2D eigenvalue weighted by molar-refractivity contribution is 0.0646. The van der Waals surface area contributed by atoms with Crippen LogP contribution in [0.25, 0.3) is 10.8 Å². The van der Waals surface area contributed by atoms with Crippen molar-refractivity contribution in [1.29, 1.82) is 0 Å². The van der Waals surface area contributed by atoms with Crippen molar-refractivity contribution >= 4 is 16.7 Å². The average molecular weight is 287 g/mol. The third kappa shape index (κ3) is 2.54. The first-order valence-electron chi connectivity index (χ1n) is 7.08. The van der Waals surface area contributed by atoms with Crippen LogP contribution in [0.15, 0.2) is 29.1 Å². The highest BCUT2D eigenvalue weighted by Crippen LogP contribution is 2.20. The van der Waals surface area contributed by atoms with Crippen LogP contribution < -0.4 is 5.56 Å². The molecule has 2 aromatic rings. The monoisotopic (exact) mass is 287 g/mol. The Morgan fingerprint density at radius 1 is 1.29 bits per heavy atom. The molecule has 110 valence electrons. The molecule has 0 aliphatic carbocycles. The number of likely N-dealkylation sites (tertiary alicyclic amines) is 1. The minimum absolute atomic E-state index is 0.168. The van der Waals surface area contributed by atoms with Crippen LogP contribution in [-0.4, -0.2) is 45.8 Å². The number of carbonyl (C=O) groups excluding carboxylic acids is 1. The van der Waals surface area contributed by atoms with E-state index >= 15 is 0 Å². The van der Waals surface area contributed by atoms with E-state index in [4.69, 9.17) is 5.11 Å². The summed E-state index contributed by atoms with van der Waals surface area (Å²) in [5, 5.41) is 16.5. The van der Waals surface area contributed by atoms with Crippen molar-refractivity contribution in [3.8, 4) is 0 Å². The summed E-state index contributed by atoms with van der Waals surface area (Å²) in [7, 11) is 0. The van der Waals surface area contributed by atoms with E-state index in [9.17, 15) is 9.59 Å². The molecule has 1 aromatic carbocycles. The summed E-state index contributed by atoms with van der Waals surface area (Å²) in [6, 6.07) is 6.98. The Morgan fingerprint density at radius 2 is 1.95 bits per heavy atom. The van der Waals surface area contributed by atoms with Crippen molar-refractivity contribution in [2.75, 3.05) is 19.7 Å². The second kappa shape index (κ2) is 5.65. The maximum absolute atomic E-state index is 12.6. The fourth-order valence-corrected chi connectivity index (χ4v) is 2.75. The van der Waals surface area contributed by atoms with Crippen molar-refractivity contribution in [3.05, 3.63) is 40.3 Å². The van der Waals surface area contributed by atoms with E-state index in [2.05, 4.69) is 10.2 Å². The summed E-state index contributed by atoms with van der Waals surface area (Å²) >= 11 is 0. The Labute approximate surface area is 121 Å². The number of piperidine rings is 1. The highest BCUT2D eigenvalue weighted by Gasteiger charge is 2.25. The summed E-state index contributed by atoms with van der Waals surface area (Å²) in [5.74, 6) is 0.105. The van der Waals surface area contributed by atoms with Crippen molar-refractivity contribution in [2.24, 2.45) is 5.92 Å². The largest absolute Gasteiger partial charge is 0.396 e. The van der Waals surface area contributed by atoms with Gasteiger partial charge in [-0.25, -0.2) is 5.10 Å². The van der Waals surface area contributed by atoms with Crippen LogP contribution >= 0.6 is 0 Å². The van der Waals surface area contributed by atoms with E-state index < -0.39 is 0 Å². The molecule has 0 atom stereocenters. The molecule has 1 aliphatic heterocycles. The van der Waals surface area contributed by atoms with Gasteiger partial charge in [0.2, 0.25) is 0 Å². The molecule has 1 amide bonds. The van der Waals surface area contributed by atoms with Gasteiger partial charge in [0.05, 0.1) is 5.39 Å². The van der Waals surface area contributed by atoms with Gasteiger partial charge in [0.15, 0.2) is 5.69 Å². The van der Waals surface area contributed by atoms with Crippen LogP contribution in [0.2, 0.25) is 0 Å². The zero-order valence-corrected chi connectivity index (χ0v) is 11.6. The Morgan fingerprint density at radius 3 is 2.62 bits per heavy atom. The second-order valence-corrected chi connectivity index (χ2v) is 5.37. The number of amides is 1. The minimum Gasteiger partial charge on any atom is -0.396 e. The summed E-state index contributed by atoms with van der Waals surface area (Å²) in [6.07, 6.45) is 1.59. The summed E-state index contributed by atoms with van der Waals surface area (Å²) in [4.78, 5) is 26.1. The molecular weight excluding hydrogens is 270 g/mol. The smallest absolute Gasteiger partial charge is 0.274 e. The number of carbonyl (C=O) groups is 1. The molecule has 0 spiro atoms. The number of aromatic nitrogens is 2. The van der Waals surface area contributed by atoms with E-state index in [0.717, 1.165) is 12.8 Å². The van der Waals surface area contributed by atoms with Crippen LogP contribution in [0, 0.1) is 5.92 Å². The third-order valence-electron chi connectivity index (χ3n) is 4.06. The van der Waals surface area contributed by atoms with E-state index in [1.807, 2.05) is 0 Å². The van der Waals surface area contributed by atoms with Crippen LogP contribution in [0.1, 0.15) is 23.3 Å². The predicted octanol–water partition coefficient (Wildman–Crippen LogP) is 0.768. The van der Waals surface area contributed by atoms with E-state index in [-0.39, 0.29) is 29.7 Å². The molecule has 0 radical (unpaired) electrons. The van der Waals surface area contributed by atoms with Gasteiger partial charge in [0.1, 0.15) is 0 Å². The number of H-pyrrole nitrogens is 1. The van der Waals surface area contributed by atoms with Gasteiger partial charge in [-0.2, -0.15) is 5.10 Å². The van der Waals surface area contributed by atoms with Crippen LogP contribution in [0.5, 0.6) is 0 Å². The fourth-order valence-electron chi connectivity index (χ4n) is 2.75. The number of aromatic amines is 1. The maximum Gasteiger partial charge on any atom is 0.274 e. The molecule has 3 rings (SSSR count). The van der Waals surface area contributed by atoms with Crippen LogP contribution in [0.3, 0.4) is 0 Å². The second-order valence-electron chi connectivity index (χ2n) is 5.37. The highest BCUT2D eigenvalue weighted by atomic mass is 16.3. The van der Waals surface area contributed by atoms with Gasteiger partial charge in [0.25, 0.3) is 11.5 Å². The first kappa shape index (κ1) is 13.8. The van der Waals surface area contributed by atoms with Crippen molar-refractivity contribution in [2.45, 2.75) is 12.8 Å². The molecule has 21 heavy (non-hydrogen) atoms. The molecule has 0 unspecified atom stereocenters. The molecule has 1 aliphatic rings. The third-order valence-corrected chi connectivity index (χ3v) is 4.06. The van der Waals surface area contributed by atoms with Crippen molar-refractivity contribution in [3.63, 3.8) is 0 Å². The molecule has 0 saturated carbocycles. The zero-order valence-electron chi connectivity index (χ0n) is 11.6. The van der Waals surface area contributed by atoms with Crippen LogP contribution in [0.4, 0.5) is 0 Å². The standard InChI is InChI=1S/C15H17N3O3/c19-9-10-5-7-18(8-6-10)15(21)13-11-3-1-2-4-12(11)14(20)17-16-13/h1-4,10,19H,5-9H2,(H,17,20). The lowest BCUT2D eigenvalue weighted by atomic mass is 9.97. The number of nitrogens with zero attached hydrogens (tertiary/aromatic N) is 2. The van der Waals surface area contributed by atoms with E-state index in [0.29, 0.717) is 23.9 Å². The topological polar surface area (TPSA) is 86.3 Å². The molecule has 1 saturated heterocycles. The lowest BCUT2D eigenvalue weighted by Gasteiger charge is -2.30. The van der Waals surface area contributed by atoms with Crippen LogP contribution in [-0.2, 0) is 0 Å². The van der Waals surface area contributed by atoms with E-state index in [1.165, 1.54) is 0 Å². The molecule has 2 N–H and O–H groups in total. The molecule has 6 nitrogen and oxygen atoms in total. The Hall–Kier alpha value is -2.21. The minimum atomic E-state index is -0.291. The molecule has 2 heterocycles. The number of rotatable bonds is 2.